The van der Waals surface area contributed by atoms with E-state index in [4.69, 9.17) is 0 Å². The molecule has 1 aromatic heterocycles. The van der Waals surface area contributed by atoms with Crippen LogP contribution in [0.5, 0.6) is 0 Å². The smallest absolute Gasteiger partial charge is 0.341 e. The molecule has 0 radical (unpaired) electrons. The van der Waals surface area contributed by atoms with E-state index in [9.17, 15) is 27.9 Å². The third-order valence-corrected chi connectivity index (χ3v) is 4.92. The lowest BCUT2D eigenvalue weighted by Crippen LogP contribution is -2.20. The van der Waals surface area contributed by atoms with Gasteiger partial charge in [-0.15, -0.1) is 0 Å². The fourth-order valence-corrected chi connectivity index (χ4v) is 3.55. The van der Waals surface area contributed by atoms with Gasteiger partial charge in [-0.2, -0.15) is 0 Å². The summed E-state index contributed by atoms with van der Waals surface area (Å²) in [6.07, 6.45) is 2.63. The second-order valence-electron chi connectivity index (χ2n) is 6.71. The van der Waals surface area contributed by atoms with Gasteiger partial charge in [0.15, 0.2) is 0 Å². The minimum atomic E-state index is -1.51. The molecule has 0 bridgehead atoms. The summed E-state index contributed by atoms with van der Waals surface area (Å²) in [7, 11) is 0. The largest absolute Gasteiger partial charge is 0.477 e. The molecule has 0 spiro atoms. The highest BCUT2D eigenvalue weighted by atomic mass is 19.1. The molecule has 0 aliphatic heterocycles. The van der Waals surface area contributed by atoms with Crippen molar-refractivity contribution in [3.63, 3.8) is 0 Å². The Hall–Kier alpha value is -3.09. The highest BCUT2D eigenvalue weighted by molar-refractivity contribution is 5.94. The van der Waals surface area contributed by atoms with Crippen molar-refractivity contribution in [3.8, 4) is 5.69 Å². The number of carbonyl (C=O) groups is 1. The number of nitrogens with zero attached hydrogens (tertiary/aromatic N) is 1. The van der Waals surface area contributed by atoms with Crippen LogP contribution in [0.4, 0.5) is 13.2 Å². The van der Waals surface area contributed by atoms with Crippen molar-refractivity contribution in [3.05, 3.63) is 74.8 Å². The zero-order valence-corrected chi connectivity index (χ0v) is 14.2. The summed E-state index contributed by atoms with van der Waals surface area (Å²) < 4.78 is 43.6. The first-order valence-corrected chi connectivity index (χ1v) is 8.36. The first-order chi connectivity index (χ1) is 12.8. The van der Waals surface area contributed by atoms with E-state index in [1.807, 2.05) is 0 Å². The average Bonchev–Trinajstić information content (AvgIpc) is 3.41. The van der Waals surface area contributed by atoms with Crippen LogP contribution in [0.1, 0.15) is 40.2 Å². The summed E-state index contributed by atoms with van der Waals surface area (Å²) in [6, 6.07) is 3.87. The molecule has 0 unspecified atom stereocenters. The Labute approximate surface area is 151 Å². The van der Waals surface area contributed by atoms with Crippen molar-refractivity contribution in [2.75, 3.05) is 0 Å². The van der Waals surface area contributed by atoms with Crippen LogP contribution in [0.25, 0.3) is 16.6 Å². The molecule has 4 nitrogen and oxygen atoms in total. The summed E-state index contributed by atoms with van der Waals surface area (Å²) in [5.74, 6) is -3.78. The molecule has 4 rings (SSSR count). The van der Waals surface area contributed by atoms with Crippen LogP contribution in [-0.4, -0.2) is 15.6 Å². The van der Waals surface area contributed by atoms with E-state index in [0.717, 1.165) is 37.2 Å². The van der Waals surface area contributed by atoms with Crippen LogP contribution in [0, 0.1) is 24.4 Å². The van der Waals surface area contributed by atoms with Crippen molar-refractivity contribution in [1.29, 1.82) is 0 Å². The molecule has 1 N–H and O–H groups in total. The van der Waals surface area contributed by atoms with Crippen LogP contribution >= 0.6 is 0 Å². The van der Waals surface area contributed by atoms with Crippen LogP contribution in [0.15, 0.2) is 35.3 Å². The number of halogens is 3. The number of benzene rings is 2. The third kappa shape index (κ3) is 2.70. The van der Waals surface area contributed by atoms with Crippen molar-refractivity contribution >= 4 is 16.9 Å². The second-order valence-corrected chi connectivity index (χ2v) is 6.71. The fourth-order valence-electron chi connectivity index (χ4n) is 3.55. The van der Waals surface area contributed by atoms with Gasteiger partial charge in [-0.3, -0.25) is 4.79 Å². The number of rotatable bonds is 3. The number of aryl methyl sites for hydroxylation is 1. The van der Waals surface area contributed by atoms with E-state index >= 15 is 0 Å². The molecule has 1 heterocycles. The molecule has 0 atom stereocenters. The Balaban J connectivity index is 2.19. The number of aromatic carboxylic acids is 1. The number of aromatic nitrogens is 1. The minimum Gasteiger partial charge on any atom is -0.477 e. The number of hydrogen-bond donors (Lipinski definition) is 1. The molecule has 7 heteroatoms. The van der Waals surface area contributed by atoms with Crippen LogP contribution in [-0.2, 0) is 0 Å². The number of carboxylic acids is 1. The Kier molecular flexibility index (Phi) is 3.83. The molecular weight excluding hydrogens is 359 g/mol. The van der Waals surface area contributed by atoms with Crippen molar-refractivity contribution < 1.29 is 23.1 Å². The summed E-state index contributed by atoms with van der Waals surface area (Å²) in [6.45, 7) is 1.62. The standard InChI is InChI=1S/C20H14F3NO3/c1-9-17(10-2-3-10)15(23)7-12-18(9)24(8-13(19(12)25)20(26)27)16-5-4-11(21)6-14(16)22/h4-8,10H,2-3H2,1H3,(H,26,27). The normalized spacial score (nSPS) is 13.9. The number of carboxylic acid groups (broad SMARTS) is 1. The van der Waals surface area contributed by atoms with E-state index in [2.05, 4.69) is 0 Å². The maximum Gasteiger partial charge on any atom is 0.341 e. The topological polar surface area (TPSA) is 59.3 Å². The second kappa shape index (κ2) is 5.97. The summed E-state index contributed by atoms with van der Waals surface area (Å²) >= 11 is 0. The molecule has 1 fully saturated rings. The first kappa shape index (κ1) is 17.3. The molecule has 1 saturated carbocycles. The van der Waals surface area contributed by atoms with Gasteiger partial charge < -0.3 is 9.67 Å². The number of hydrogen-bond acceptors (Lipinski definition) is 2. The number of fused-ring (bicyclic) bond motifs is 1. The van der Waals surface area contributed by atoms with Gasteiger partial charge in [0.2, 0.25) is 5.43 Å². The molecule has 3 aromatic rings. The minimum absolute atomic E-state index is 0.0233. The molecule has 1 aliphatic rings. The molecule has 27 heavy (non-hydrogen) atoms. The summed E-state index contributed by atoms with van der Waals surface area (Å²) in [5, 5.41) is 9.19. The lowest BCUT2D eigenvalue weighted by molar-refractivity contribution is 0.0695. The molecule has 1 aliphatic carbocycles. The van der Waals surface area contributed by atoms with E-state index in [1.54, 1.807) is 6.92 Å². The van der Waals surface area contributed by atoms with Gasteiger partial charge in [0.25, 0.3) is 0 Å². The van der Waals surface area contributed by atoms with E-state index in [1.165, 1.54) is 4.57 Å². The van der Waals surface area contributed by atoms with Gasteiger partial charge >= 0.3 is 5.97 Å². The molecule has 0 saturated heterocycles. The van der Waals surface area contributed by atoms with Gasteiger partial charge in [0.05, 0.1) is 16.6 Å². The quantitative estimate of drug-likeness (QED) is 0.745. The predicted molar refractivity (Wildman–Crippen MR) is 93.1 cm³/mol. The zero-order chi connectivity index (χ0) is 19.5. The third-order valence-electron chi connectivity index (χ3n) is 4.92. The van der Waals surface area contributed by atoms with Crippen LogP contribution < -0.4 is 5.43 Å². The van der Waals surface area contributed by atoms with Gasteiger partial charge in [-0.05, 0) is 55.0 Å². The lowest BCUT2D eigenvalue weighted by atomic mass is 9.98. The van der Waals surface area contributed by atoms with Crippen molar-refractivity contribution in [2.45, 2.75) is 25.7 Å². The first-order valence-electron chi connectivity index (χ1n) is 8.36. The van der Waals surface area contributed by atoms with E-state index < -0.39 is 34.4 Å². The Bertz CT molecular complexity index is 1180. The van der Waals surface area contributed by atoms with Gasteiger partial charge in [-0.1, -0.05) is 0 Å². The molecule has 0 amide bonds. The maximum absolute atomic E-state index is 14.6. The van der Waals surface area contributed by atoms with Crippen molar-refractivity contribution in [1.82, 2.24) is 4.57 Å². The predicted octanol–water partition coefficient (Wildman–Crippen LogP) is 4.29. The van der Waals surface area contributed by atoms with Gasteiger partial charge in [-0.25, -0.2) is 18.0 Å². The SMILES string of the molecule is Cc1c(C2CC2)c(F)cc2c(=O)c(C(=O)O)cn(-c3ccc(F)cc3F)c12. The average molecular weight is 373 g/mol. The van der Waals surface area contributed by atoms with Crippen LogP contribution in [0.2, 0.25) is 0 Å². The van der Waals surface area contributed by atoms with Crippen molar-refractivity contribution in [2.24, 2.45) is 0 Å². The van der Waals surface area contributed by atoms with Crippen LogP contribution in [0.3, 0.4) is 0 Å². The Morgan fingerprint density at radius 3 is 2.44 bits per heavy atom. The monoisotopic (exact) mass is 373 g/mol. The maximum atomic E-state index is 14.6. The van der Waals surface area contributed by atoms with E-state index in [0.29, 0.717) is 17.2 Å². The van der Waals surface area contributed by atoms with E-state index in [-0.39, 0.29) is 22.5 Å². The molecule has 2 aromatic carbocycles. The molecule has 138 valence electrons. The lowest BCUT2D eigenvalue weighted by Gasteiger charge is -2.18. The highest BCUT2D eigenvalue weighted by Crippen LogP contribution is 2.44. The Morgan fingerprint density at radius 2 is 1.85 bits per heavy atom. The van der Waals surface area contributed by atoms with Gasteiger partial charge in [0, 0.05) is 12.3 Å². The fraction of sp³-hybridized carbons (Fsp3) is 0.200. The Morgan fingerprint density at radius 1 is 1.15 bits per heavy atom. The highest BCUT2D eigenvalue weighted by Gasteiger charge is 2.31. The van der Waals surface area contributed by atoms with Gasteiger partial charge in [0.1, 0.15) is 23.0 Å². The summed E-state index contributed by atoms with van der Waals surface area (Å²) in [4.78, 5) is 24.1. The zero-order valence-electron chi connectivity index (χ0n) is 14.2. The summed E-state index contributed by atoms with van der Waals surface area (Å²) in [5.41, 5.74) is -0.476. The molecular formula is C20H14F3NO3. The number of pyridine rings is 1.